The van der Waals surface area contributed by atoms with Crippen molar-refractivity contribution in [1.29, 1.82) is 0 Å². The molecule has 7 aromatic carbocycles. The molecule has 1 aliphatic rings. The summed E-state index contributed by atoms with van der Waals surface area (Å²) < 4.78 is 5.06. The Morgan fingerprint density at radius 3 is 1.35 bits per heavy atom. The van der Waals surface area contributed by atoms with Gasteiger partial charge in [-0.3, -0.25) is 4.98 Å². The molecule has 0 amide bonds. The summed E-state index contributed by atoms with van der Waals surface area (Å²) in [5.74, 6) is 0. The Kier molecular flexibility index (Phi) is 11.2. The molecule has 0 spiro atoms. The lowest BCUT2D eigenvalue weighted by atomic mass is 9.98. The number of hydrogen-bond acceptors (Lipinski definition) is 2. The number of allylic oxidation sites excluding steroid dienone is 3. The van der Waals surface area contributed by atoms with E-state index < -0.39 is 0 Å². The first-order valence-corrected chi connectivity index (χ1v) is 23.4. The smallest absolute Gasteiger partial charge is 0.0548 e. The Balaban J connectivity index is 1.06. The number of hydrogen-bond donors (Lipinski definition) is 0. The maximum absolute atomic E-state index is 5.33. The van der Waals surface area contributed by atoms with Gasteiger partial charge < -0.3 is 14.0 Å². The molecule has 318 valence electrons. The molecule has 4 nitrogen and oxygen atoms in total. The van der Waals surface area contributed by atoms with Crippen LogP contribution in [0.2, 0.25) is 0 Å². The average Bonchev–Trinajstić information content (AvgIpc) is 3.87. The number of nitrogens with zero attached hydrogens (tertiary/aromatic N) is 4. The van der Waals surface area contributed by atoms with Gasteiger partial charge >= 0.3 is 0 Å². The number of para-hydroxylation sites is 2. The highest BCUT2D eigenvalue weighted by atomic mass is 15.2. The Labute approximate surface area is 382 Å². The molecule has 11 rings (SSSR count). The third-order valence-corrected chi connectivity index (χ3v) is 13.6. The third-order valence-electron chi connectivity index (χ3n) is 13.6. The van der Waals surface area contributed by atoms with Gasteiger partial charge in [0.15, 0.2) is 0 Å². The monoisotopic (exact) mass is 842 g/mol. The maximum Gasteiger partial charge on any atom is 0.0548 e. The van der Waals surface area contributed by atoms with E-state index in [0.29, 0.717) is 0 Å². The van der Waals surface area contributed by atoms with Crippen molar-refractivity contribution in [3.8, 4) is 5.69 Å². The largest absolute Gasteiger partial charge is 0.371 e. The molecule has 10 aromatic rings. The lowest BCUT2D eigenvalue weighted by Crippen LogP contribution is -2.33. The van der Waals surface area contributed by atoms with E-state index in [9.17, 15) is 0 Å². The fourth-order valence-electron chi connectivity index (χ4n) is 10.2. The zero-order valence-electron chi connectivity index (χ0n) is 37.2. The predicted molar refractivity (Wildman–Crippen MR) is 273 cm³/mol. The molecule has 0 saturated carbocycles. The van der Waals surface area contributed by atoms with Crippen molar-refractivity contribution in [3.05, 3.63) is 246 Å². The number of aryl methyl sites for hydroxylation is 6. The summed E-state index contributed by atoms with van der Waals surface area (Å²) in [4.78, 5) is 7.86. The van der Waals surface area contributed by atoms with Crippen molar-refractivity contribution >= 4 is 49.3 Å². The second kappa shape index (κ2) is 18.0. The van der Waals surface area contributed by atoms with Crippen LogP contribution in [0, 0.1) is 0 Å². The van der Waals surface area contributed by atoms with Crippen LogP contribution in [-0.2, 0) is 38.5 Å². The molecule has 0 N–H and O–H groups in total. The van der Waals surface area contributed by atoms with Gasteiger partial charge in [-0.1, -0.05) is 158 Å². The molecule has 65 heavy (non-hydrogen) atoms. The van der Waals surface area contributed by atoms with E-state index in [1.807, 2.05) is 0 Å². The molecule has 1 atom stereocenters. The van der Waals surface area contributed by atoms with Crippen LogP contribution in [0.25, 0.3) is 55.0 Å². The molecular weight excluding hydrogens is 789 g/mol. The van der Waals surface area contributed by atoms with E-state index in [1.165, 1.54) is 82.9 Å². The van der Waals surface area contributed by atoms with Crippen LogP contribution in [0.5, 0.6) is 0 Å². The van der Waals surface area contributed by atoms with Gasteiger partial charge in [-0.2, -0.15) is 0 Å². The minimum absolute atomic E-state index is 0.252. The quantitative estimate of drug-likeness (QED) is 0.109. The summed E-state index contributed by atoms with van der Waals surface area (Å²) in [6, 6.07) is 71.4. The number of rotatable bonds is 14. The number of likely N-dealkylation sites (N-methyl/N-ethyl adjacent to an activating group) is 1. The van der Waals surface area contributed by atoms with Gasteiger partial charge in [0.1, 0.15) is 0 Å². The number of fused-ring (bicyclic) bond motifs is 6. The summed E-state index contributed by atoms with van der Waals surface area (Å²) in [5, 5.41) is 5.04. The molecule has 3 aromatic heterocycles. The van der Waals surface area contributed by atoms with Gasteiger partial charge in [0, 0.05) is 63.1 Å². The SMILES string of the molecule is CN1C(CCc2ccccc2)=CC(n2c3ccccc3c3cc4c(cc32)c2ccccc2n4-c2cc(CCc3ccccc3)nc(CCc3ccccc3)c2)=CC1CCc1ccccc1. The Hall–Kier alpha value is -7.43. The van der Waals surface area contributed by atoms with Crippen LogP contribution in [-0.4, -0.2) is 32.1 Å². The summed E-state index contributed by atoms with van der Waals surface area (Å²) in [7, 11) is 2.29. The average molecular weight is 843 g/mol. The van der Waals surface area contributed by atoms with Gasteiger partial charge in [-0.25, -0.2) is 0 Å². The normalized spacial score (nSPS) is 14.1. The van der Waals surface area contributed by atoms with Crippen LogP contribution < -0.4 is 0 Å². The van der Waals surface area contributed by atoms with Crippen molar-refractivity contribution in [3.63, 3.8) is 0 Å². The van der Waals surface area contributed by atoms with Gasteiger partial charge in [0.05, 0.1) is 22.1 Å². The summed E-state index contributed by atoms with van der Waals surface area (Å²) in [6.45, 7) is 0. The molecular formula is C61H54N4. The highest BCUT2D eigenvalue weighted by molar-refractivity contribution is 6.19. The fraction of sp³-hybridized carbons (Fsp3) is 0.164. The Morgan fingerprint density at radius 1 is 0.400 bits per heavy atom. The van der Waals surface area contributed by atoms with E-state index in [4.69, 9.17) is 4.98 Å². The van der Waals surface area contributed by atoms with Crippen LogP contribution in [0.3, 0.4) is 0 Å². The van der Waals surface area contributed by atoms with E-state index in [2.05, 4.69) is 227 Å². The van der Waals surface area contributed by atoms with E-state index >= 15 is 0 Å². The molecule has 1 unspecified atom stereocenters. The first kappa shape index (κ1) is 40.4. The molecule has 0 aliphatic carbocycles. The molecule has 1 aliphatic heterocycles. The topological polar surface area (TPSA) is 26.0 Å². The van der Waals surface area contributed by atoms with Crippen molar-refractivity contribution in [2.24, 2.45) is 0 Å². The first-order chi connectivity index (χ1) is 32.1. The third kappa shape index (κ3) is 8.29. The van der Waals surface area contributed by atoms with Gasteiger partial charge in [0.2, 0.25) is 0 Å². The maximum atomic E-state index is 5.33. The number of pyridine rings is 1. The second-order valence-electron chi connectivity index (χ2n) is 17.8. The zero-order chi connectivity index (χ0) is 43.5. The van der Waals surface area contributed by atoms with Crippen molar-refractivity contribution in [2.75, 3.05) is 7.05 Å². The highest BCUT2D eigenvalue weighted by Gasteiger charge is 2.25. The van der Waals surface area contributed by atoms with E-state index in [0.717, 1.165) is 62.8 Å². The second-order valence-corrected chi connectivity index (χ2v) is 17.8. The molecule has 0 bridgehead atoms. The summed E-state index contributed by atoms with van der Waals surface area (Å²) in [6.07, 6.45) is 12.7. The van der Waals surface area contributed by atoms with Crippen LogP contribution in [0.15, 0.2) is 212 Å². The fourth-order valence-corrected chi connectivity index (χ4v) is 10.2. The highest BCUT2D eigenvalue weighted by Crippen LogP contribution is 2.41. The standard InChI is InChI=1S/C61H54N4/c1-63-50(36-32-46-22-10-4-11-23-46)40-53(41-51(63)37-33-47-24-12-5-13-25-47)65-59-29-17-15-27-55(59)57-42-60-56(43-61(57)65)54-26-14-16-28-58(54)64(60)52-38-48(34-30-44-18-6-2-7-19-44)62-49(39-52)35-31-45-20-8-3-9-21-45/h2-29,38-43,50H,30-37H2,1H3. The van der Waals surface area contributed by atoms with Gasteiger partial charge in [0.25, 0.3) is 0 Å². The van der Waals surface area contributed by atoms with Crippen molar-refractivity contribution in [2.45, 2.75) is 57.4 Å². The molecule has 0 saturated heterocycles. The summed E-state index contributed by atoms with van der Waals surface area (Å²) >= 11 is 0. The zero-order valence-corrected chi connectivity index (χ0v) is 37.2. The minimum atomic E-state index is 0.252. The lowest BCUT2D eigenvalue weighted by Gasteiger charge is -2.35. The number of aromatic nitrogens is 3. The molecule has 4 heteroatoms. The van der Waals surface area contributed by atoms with Crippen molar-refractivity contribution < 1.29 is 0 Å². The van der Waals surface area contributed by atoms with Crippen LogP contribution >= 0.6 is 0 Å². The summed E-state index contributed by atoms with van der Waals surface area (Å²) in [5.41, 5.74) is 16.4. The minimum Gasteiger partial charge on any atom is -0.371 e. The van der Waals surface area contributed by atoms with Crippen LogP contribution in [0.4, 0.5) is 0 Å². The van der Waals surface area contributed by atoms with Crippen LogP contribution in [0.1, 0.15) is 46.5 Å². The lowest BCUT2D eigenvalue weighted by molar-refractivity contribution is 0.321. The van der Waals surface area contributed by atoms with Gasteiger partial charge in [-0.15, -0.1) is 0 Å². The Morgan fingerprint density at radius 2 is 0.831 bits per heavy atom. The first-order valence-electron chi connectivity index (χ1n) is 23.4. The predicted octanol–water partition coefficient (Wildman–Crippen LogP) is 14.2. The van der Waals surface area contributed by atoms with Gasteiger partial charge in [-0.05, 0) is 122 Å². The number of benzene rings is 7. The molecule has 0 fully saturated rings. The van der Waals surface area contributed by atoms with E-state index in [-0.39, 0.29) is 6.04 Å². The van der Waals surface area contributed by atoms with Crippen molar-refractivity contribution in [1.82, 2.24) is 19.0 Å². The molecule has 4 heterocycles. The van der Waals surface area contributed by atoms with E-state index in [1.54, 1.807) is 0 Å². The Bertz CT molecular complexity index is 3260. The molecule has 0 radical (unpaired) electrons.